The predicted molar refractivity (Wildman–Crippen MR) is 94.3 cm³/mol. The molecule has 0 saturated heterocycles. The summed E-state index contributed by atoms with van der Waals surface area (Å²) in [7, 11) is -6.85. The van der Waals surface area contributed by atoms with E-state index in [4.69, 9.17) is 0 Å². The number of hydrogen-bond acceptors (Lipinski definition) is 4. The highest BCUT2D eigenvalue weighted by Crippen LogP contribution is 3.02. The molecular weight excluding hydrogens is 412 g/mol. The van der Waals surface area contributed by atoms with Crippen LogP contribution in [-0.2, 0) is 0 Å². The van der Waals surface area contributed by atoms with Gasteiger partial charge in [-0.05, 0) is 23.6 Å². The van der Waals surface area contributed by atoms with Crippen molar-refractivity contribution >= 4 is 22.0 Å². The van der Waals surface area contributed by atoms with E-state index >= 15 is 0 Å². The van der Waals surface area contributed by atoms with Crippen LogP contribution >= 0.6 is 10.2 Å². The molecule has 28 heavy (non-hydrogen) atoms. The number of nitrogens with one attached hydrogen (secondary N) is 1. The molecule has 0 saturated carbocycles. The van der Waals surface area contributed by atoms with Crippen LogP contribution in [0.4, 0.5) is 29.8 Å². The molecule has 12 heteroatoms. The molecule has 0 fully saturated rings. The van der Waals surface area contributed by atoms with Crippen molar-refractivity contribution in [1.29, 1.82) is 0 Å². The van der Waals surface area contributed by atoms with Crippen LogP contribution in [-0.4, -0.2) is 29.8 Å². The smallest absolute Gasteiger partial charge is 0.310 e. The van der Waals surface area contributed by atoms with Gasteiger partial charge in [0.05, 0.1) is 0 Å². The summed E-state index contributed by atoms with van der Waals surface area (Å²) in [5, 5.41) is 0. The van der Waals surface area contributed by atoms with Crippen molar-refractivity contribution in [2.24, 2.45) is 0 Å². The molecule has 2 rings (SSSR count). The first-order valence-corrected chi connectivity index (χ1v) is 9.78. The molecule has 1 aromatic heterocycles. The van der Waals surface area contributed by atoms with Crippen LogP contribution in [0.1, 0.15) is 35.3 Å². The highest BCUT2D eigenvalue weighted by atomic mass is 32.5. The number of nitrogens with zero attached hydrogens (tertiary/aromatic N) is 2. The number of anilines is 1. The maximum absolute atomic E-state index is 14.1. The van der Waals surface area contributed by atoms with Gasteiger partial charge in [0.25, 0.3) is 5.56 Å². The molecule has 0 bridgehead atoms. The molecule has 0 aliphatic rings. The first-order valence-electron chi connectivity index (χ1n) is 7.83. The molecule has 0 aliphatic carbocycles. The zero-order valence-corrected chi connectivity index (χ0v) is 15.8. The molecule has 1 heterocycles. The Balaban J connectivity index is 2.30. The van der Waals surface area contributed by atoms with Crippen LogP contribution in [0.15, 0.2) is 34.0 Å². The molecule has 156 valence electrons. The summed E-state index contributed by atoms with van der Waals surface area (Å²) in [4.78, 5) is 29.4. The van der Waals surface area contributed by atoms with Gasteiger partial charge >= 0.3 is 10.2 Å². The van der Waals surface area contributed by atoms with Gasteiger partial charge in [-0.15, -0.1) is 0 Å². The van der Waals surface area contributed by atoms with Gasteiger partial charge < -0.3 is 4.90 Å². The lowest BCUT2D eigenvalue weighted by molar-refractivity contribution is 0.0970. The van der Waals surface area contributed by atoms with Gasteiger partial charge in [-0.25, -0.2) is 9.37 Å². The van der Waals surface area contributed by atoms with Gasteiger partial charge in [-0.2, -0.15) is 0 Å². The standard InChI is InChI=1S/C16H17F6N3O2S/c1-9(6-14(26)13-8-15(27)24-16(23-13)25(2)3)11-5-4-10(7-12(11)17)28(18,19,20,21)22/h4-5,7-9H,6H2,1-3H3,(H,23,24,27)/t9-/m0/s1. The SMILES string of the molecule is C[C@@H](CC(=O)c1cc(=O)[nH]c(N(C)C)n1)c1ccc(S(F)(F)(F)(F)F)cc1F. The summed E-state index contributed by atoms with van der Waals surface area (Å²) < 4.78 is 77.9. The second-order valence-corrected chi connectivity index (χ2v) is 8.94. The minimum absolute atomic E-state index is 0.0938. The molecule has 0 amide bonds. The summed E-state index contributed by atoms with van der Waals surface area (Å²) in [5.41, 5.74) is -1.14. The summed E-state index contributed by atoms with van der Waals surface area (Å²) in [6, 6.07) is 1.34. The number of ketones is 1. The maximum atomic E-state index is 14.1. The number of benzene rings is 1. The van der Waals surface area contributed by atoms with Crippen molar-refractivity contribution < 1.29 is 28.6 Å². The van der Waals surface area contributed by atoms with E-state index in [1.54, 1.807) is 14.1 Å². The molecule has 0 aliphatic heterocycles. The fourth-order valence-electron chi connectivity index (χ4n) is 2.44. The number of halogens is 6. The first-order chi connectivity index (χ1) is 12.5. The molecule has 1 atom stereocenters. The number of Topliss-reactive ketones (excluding diaryl/α,β-unsaturated/α-hetero) is 1. The summed E-state index contributed by atoms with van der Waals surface area (Å²) >= 11 is 0. The van der Waals surface area contributed by atoms with E-state index in [0.29, 0.717) is 6.07 Å². The fourth-order valence-corrected chi connectivity index (χ4v) is 3.09. The van der Waals surface area contributed by atoms with Crippen LogP contribution in [0.3, 0.4) is 0 Å². The van der Waals surface area contributed by atoms with Crippen LogP contribution in [0, 0.1) is 5.82 Å². The van der Waals surface area contributed by atoms with E-state index in [-0.39, 0.29) is 29.3 Å². The van der Waals surface area contributed by atoms with E-state index in [2.05, 4.69) is 9.97 Å². The normalized spacial score (nSPS) is 15.5. The van der Waals surface area contributed by atoms with Crippen LogP contribution < -0.4 is 10.5 Å². The average molecular weight is 429 g/mol. The van der Waals surface area contributed by atoms with Gasteiger partial charge in [0.1, 0.15) is 16.4 Å². The summed E-state index contributed by atoms with van der Waals surface area (Å²) in [5.74, 6) is -2.99. The van der Waals surface area contributed by atoms with Gasteiger partial charge in [0.15, 0.2) is 5.78 Å². The molecule has 0 radical (unpaired) electrons. The first kappa shape index (κ1) is 21.8. The van der Waals surface area contributed by atoms with Crippen LogP contribution in [0.25, 0.3) is 0 Å². The molecule has 5 nitrogen and oxygen atoms in total. The Labute approximate surface area is 156 Å². The van der Waals surface area contributed by atoms with Crippen LogP contribution in [0.5, 0.6) is 0 Å². The number of carbonyl (C=O) groups excluding carboxylic acids is 1. The number of aromatic nitrogens is 2. The Kier molecular flexibility index (Phi) is 4.87. The van der Waals surface area contributed by atoms with Crippen molar-refractivity contribution in [2.45, 2.75) is 24.2 Å². The Morgan fingerprint density at radius 1 is 1.18 bits per heavy atom. The van der Waals surface area contributed by atoms with Crippen LogP contribution in [0.2, 0.25) is 0 Å². The lowest BCUT2D eigenvalue weighted by Gasteiger charge is -2.40. The second-order valence-electron chi connectivity index (χ2n) is 6.53. The van der Waals surface area contributed by atoms with Crippen molar-refractivity contribution in [3.63, 3.8) is 0 Å². The Hall–Kier alpha value is -2.50. The predicted octanol–water partition coefficient (Wildman–Crippen LogP) is 5.01. The number of hydrogen-bond donors (Lipinski definition) is 1. The summed E-state index contributed by atoms with van der Waals surface area (Å²) in [6.07, 6.45) is -0.393. The Morgan fingerprint density at radius 3 is 2.29 bits per heavy atom. The molecule has 1 aromatic carbocycles. The molecule has 1 N–H and O–H groups in total. The Bertz CT molecular complexity index is 989. The van der Waals surface area contributed by atoms with Crippen molar-refractivity contribution in [3.8, 4) is 0 Å². The van der Waals surface area contributed by atoms with E-state index in [1.807, 2.05) is 0 Å². The highest BCUT2D eigenvalue weighted by molar-refractivity contribution is 8.45. The third-order valence-corrected chi connectivity index (χ3v) is 5.02. The number of carbonyl (C=O) groups is 1. The number of rotatable bonds is 6. The quantitative estimate of drug-likeness (QED) is 0.518. The summed E-state index contributed by atoms with van der Waals surface area (Å²) in [6.45, 7) is 1.34. The third-order valence-electron chi connectivity index (χ3n) is 3.88. The zero-order chi connectivity index (χ0) is 21.6. The van der Waals surface area contributed by atoms with Crippen molar-refractivity contribution in [3.05, 3.63) is 51.7 Å². The number of H-pyrrole nitrogens is 1. The fraction of sp³-hybridized carbons (Fsp3) is 0.312. The molecule has 0 unspecified atom stereocenters. The van der Waals surface area contributed by atoms with Gasteiger partial charge in [-0.1, -0.05) is 32.4 Å². The topological polar surface area (TPSA) is 66.1 Å². The van der Waals surface area contributed by atoms with Gasteiger partial charge in [-0.3, -0.25) is 14.6 Å². The largest absolute Gasteiger partial charge is 0.348 e. The van der Waals surface area contributed by atoms with Crippen molar-refractivity contribution in [2.75, 3.05) is 19.0 Å². The lowest BCUT2D eigenvalue weighted by Crippen LogP contribution is -2.21. The minimum atomic E-state index is -10.0. The van der Waals surface area contributed by atoms with E-state index in [9.17, 15) is 33.4 Å². The zero-order valence-electron chi connectivity index (χ0n) is 15.0. The monoisotopic (exact) mass is 429 g/mol. The minimum Gasteiger partial charge on any atom is -0.348 e. The van der Waals surface area contributed by atoms with E-state index in [1.165, 1.54) is 11.8 Å². The second kappa shape index (κ2) is 6.26. The molecule has 2 aromatic rings. The maximum Gasteiger partial charge on any atom is 0.310 e. The average Bonchev–Trinajstić information content (AvgIpc) is 2.51. The number of aromatic amines is 1. The van der Waals surface area contributed by atoms with Gasteiger partial charge in [0.2, 0.25) is 5.95 Å². The Morgan fingerprint density at radius 2 is 1.79 bits per heavy atom. The molecule has 0 spiro atoms. The van der Waals surface area contributed by atoms with Crippen molar-refractivity contribution in [1.82, 2.24) is 9.97 Å². The van der Waals surface area contributed by atoms with E-state index in [0.717, 1.165) is 6.07 Å². The van der Waals surface area contributed by atoms with Gasteiger partial charge in [0, 0.05) is 26.6 Å². The molecular formula is C16H17F6N3O2S. The van der Waals surface area contributed by atoms with E-state index < -0.39 is 44.6 Å². The third kappa shape index (κ3) is 5.06. The lowest BCUT2D eigenvalue weighted by atomic mass is 9.94. The highest BCUT2D eigenvalue weighted by Gasteiger charge is 2.65.